The Kier molecular flexibility index (Phi) is 5.01. The molecule has 16 heavy (non-hydrogen) atoms. The number of nitrogens with zero attached hydrogens (tertiary/aromatic N) is 1. The molecule has 0 fully saturated rings. The second-order valence-corrected chi connectivity index (χ2v) is 6.67. The Hall–Kier alpha value is -0.330. The number of anilines is 1. The molecule has 3 nitrogen and oxygen atoms in total. The number of thioether (sulfide) groups is 2. The van der Waals surface area contributed by atoms with Gasteiger partial charge in [0.25, 0.3) is 5.91 Å². The molecule has 0 bridgehead atoms. The van der Waals surface area contributed by atoms with E-state index in [0.29, 0.717) is 10.6 Å². The van der Waals surface area contributed by atoms with E-state index >= 15 is 0 Å². The topological polar surface area (TPSA) is 46.3 Å². The highest BCUT2D eigenvalue weighted by Crippen LogP contribution is 2.43. The van der Waals surface area contributed by atoms with Crippen molar-refractivity contribution in [1.29, 1.82) is 0 Å². The lowest BCUT2D eigenvalue weighted by molar-refractivity contribution is 0.0833. The summed E-state index contributed by atoms with van der Waals surface area (Å²) in [6.07, 6.45) is 1.99. The summed E-state index contributed by atoms with van der Waals surface area (Å²) in [6.45, 7) is 2.10. The van der Waals surface area contributed by atoms with Crippen LogP contribution in [-0.2, 0) is 0 Å². The van der Waals surface area contributed by atoms with Gasteiger partial charge < -0.3 is 10.6 Å². The number of amides is 1. The minimum absolute atomic E-state index is 0.0132. The van der Waals surface area contributed by atoms with Crippen molar-refractivity contribution < 1.29 is 4.79 Å². The van der Waals surface area contributed by atoms with Crippen molar-refractivity contribution in [2.24, 2.45) is 0 Å². The van der Waals surface area contributed by atoms with E-state index in [1.54, 1.807) is 42.5 Å². The average molecular weight is 276 g/mol. The van der Waals surface area contributed by atoms with Gasteiger partial charge in [0.15, 0.2) is 0 Å². The molecule has 0 unspecified atom stereocenters. The number of carbonyl (C=O) groups excluding carboxylic acids is 1. The standard InChI is InChI=1S/C10H16N2OS3/c1-5-15-10-8(14-4)6(11)7(16-10)9(13)12(2)3/h5,11H2,1-4H3. The SMILES string of the molecule is CCSc1sc(C(=O)N(C)C)c(N)c1SC. The summed E-state index contributed by atoms with van der Waals surface area (Å²) in [5.74, 6) is 0.976. The molecule has 0 radical (unpaired) electrons. The van der Waals surface area contributed by atoms with E-state index in [4.69, 9.17) is 5.73 Å². The summed E-state index contributed by atoms with van der Waals surface area (Å²) in [6, 6.07) is 0. The Labute approximate surface area is 109 Å². The fourth-order valence-corrected chi connectivity index (χ4v) is 4.76. The molecular formula is C10H16N2OS3. The first kappa shape index (κ1) is 13.7. The monoisotopic (exact) mass is 276 g/mol. The van der Waals surface area contributed by atoms with Gasteiger partial charge in [0, 0.05) is 14.1 Å². The fraction of sp³-hybridized carbons (Fsp3) is 0.500. The number of carbonyl (C=O) groups is 1. The van der Waals surface area contributed by atoms with Crippen LogP contribution in [0.3, 0.4) is 0 Å². The molecule has 6 heteroatoms. The number of hydrogen-bond donors (Lipinski definition) is 1. The third-order valence-electron chi connectivity index (χ3n) is 1.95. The number of rotatable bonds is 4. The zero-order chi connectivity index (χ0) is 12.3. The van der Waals surface area contributed by atoms with Crippen LogP contribution in [0.4, 0.5) is 5.69 Å². The summed E-state index contributed by atoms with van der Waals surface area (Å²) in [7, 11) is 3.49. The van der Waals surface area contributed by atoms with Gasteiger partial charge in [-0.25, -0.2) is 0 Å². The predicted molar refractivity (Wildman–Crippen MR) is 74.9 cm³/mol. The lowest BCUT2D eigenvalue weighted by atomic mass is 10.3. The van der Waals surface area contributed by atoms with Crippen molar-refractivity contribution in [2.75, 3.05) is 31.8 Å². The zero-order valence-corrected chi connectivity index (χ0v) is 12.3. The van der Waals surface area contributed by atoms with Crippen LogP contribution >= 0.6 is 34.9 Å². The molecule has 2 N–H and O–H groups in total. The molecular weight excluding hydrogens is 260 g/mol. The minimum atomic E-state index is -0.0132. The smallest absolute Gasteiger partial charge is 0.265 e. The summed E-state index contributed by atoms with van der Waals surface area (Å²) in [5.41, 5.74) is 6.64. The highest BCUT2D eigenvalue weighted by atomic mass is 32.2. The zero-order valence-electron chi connectivity index (χ0n) is 9.86. The van der Waals surface area contributed by atoms with Crippen LogP contribution < -0.4 is 5.73 Å². The Morgan fingerprint density at radius 1 is 1.50 bits per heavy atom. The Bertz CT molecular complexity index is 388. The van der Waals surface area contributed by atoms with E-state index in [1.165, 1.54) is 11.3 Å². The van der Waals surface area contributed by atoms with Crippen LogP contribution in [0.15, 0.2) is 9.10 Å². The third kappa shape index (κ3) is 2.67. The maximum absolute atomic E-state index is 11.9. The quantitative estimate of drug-likeness (QED) is 0.859. The van der Waals surface area contributed by atoms with Gasteiger partial charge in [0.2, 0.25) is 0 Å². The molecule has 0 aliphatic heterocycles. The molecule has 0 spiro atoms. The molecule has 0 saturated heterocycles. The number of nitrogen functional groups attached to an aromatic ring is 1. The largest absolute Gasteiger partial charge is 0.396 e. The summed E-state index contributed by atoms with van der Waals surface area (Å²) < 4.78 is 1.15. The van der Waals surface area contributed by atoms with Crippen molar-refractivity contribution in [3.8, 4) is 0 Å². The maximum Gasteiger partial charge on any atom is 0.265 e. The van der Waals surface area contributed by atoms with E-state index in [1.807, 2.05) is 6.26 Å². The van der Waals surface area contributed by atoms with Crippen LogP contribution in [0.2, 0.25) is 0 Å². The van der Waals surface area contributed by atoms with Crippen LogP contribution in [0, 0.1) is 0 Å². The first-order valence-corrected chi connectivity index (χ1v) is 7.86. The lowest BCUT2D eigenvalue weighted by Gasteiger charge is -2.08. The van der Waals surface area contributed by atoms with Crippen LogP contribution in [0.25, 0.3) is 0 Å². The van der Waals surface area contributed by atoms with Gasteiger partial charge in [-0.2, -0.15) is 0 Å². The van der Waals surface area contributed by atoms with Crippen molar-refractivity contribution in [1.82, 2.24) is 4.90 Å². The van der Waals surface area contributed by atoms with Crippen molar-refractivity contribution in [3.05, 3.63) is 4.88 Å². The van der Waals surface area contributed by atoms with Crippen molar-refractivity contribution in [3.63, 3.8) is 0 Å². The van der Waals surface area contributed by atoms with Gasteiger partial charge in [0.1, 0.15) is 4.88 Å². The molecule has 90 valence electrons. The van der Waals surface area contributed by atoms with Gasteiger partial charge >= 0.3 is 0 Å². The molecule has 1 aromatic heterocycles. The second-order valence-electron chi connectivity index (χ2n) is 3.30. The molecule has 1 heterocycles. The highest BCUT2D eigenvalue weighted by molar-refractivity contribution is 8.03. The number of nitrogens with two attached hydrogens (primary N) is 1. The third-order valence-corrected chi connectivity index (χ3v) is 5.39. The number of hydrogen-bond acceptors (Lipinski definition) is 5. The minimum Gasteiger partial charge on any atom is -0.396 e. The first-order chi connectivity index (χ1) is 7.52. The van der Waals surface area contributed by atoms with E-state index in [-0.39, 0.29) is 5.91 Å². The molecule has 0 aliphatic carbocycles. The van der Waals surface area contributed by atoms with Gasteiger partial charge in [-0.05, 0) is 12.0 Å². The molecule has 1 aromatic rings. The van der Waals surface area contributed by atoms with E-state index in [2.05, 4.69) is 6.92 Å². The van der Waals surface area contributed by atoms with Crippen LogP contribution in [-0.4, -0.2) is 36.9 Å². The Morgan fingerprint density at radius 3 is 2.56 bits per heavy atom. The Morgan fingerprint density at radius 2 is 2.12 bits per heavy atom. The number of thiophene rings is 1. The summed E-state index contributed by atoms with van der Waals surface area (Å²) in [4.78, 5) is 15.2. The van der Waals surface area contributed by atoms with Crippen molar-refractivity contribution in [2.45, 2.75) is 16.0 Å². The van der Waals surface area contributed by atoms with Gasteiger partial charge in [-0.15, -0.1) is 34.9 Å². The van der Waals surface area contributed by atoms with E-state index in [9.17, 15) is 4.79 Å². The Balaban J connectivity index is 3.16. The first-order valence-electron chi connectivity index (χ1n) is 4.83. The van der Waals surface area contributed by atoms with Crippen LogP contribution in [0.5, 0.6) is 0 Å². The normalized spacial score (nSPS) is 10.5. The summed E-state index contributed by atoms with van der Waals surface area (Å²) >= 11 is 4.84. The molecule has 1 amide bonds. The maximum atomic E-state index is 11.9. The molecule has 1 rings (SSSR count). The van der Waals surface area contributed by atoms with Gasteiger partial charge in [-0.1, -0.05) is 6.92 Å². The van der Waals surface area contributed by atoms with Crippen molar-refractivity contribution >= 4 is 46.5 Å². The predicted octanol–water partition coefficient (Wildman–Crippen LogP) is 2.87. The van der Waals surface area contributed by atoms with E-state index < -0.39 is 0 Å². The van der Waals surface area contributed by atoms with Gasteiger partial charge in [0.05, 0.1) is 14.8 Å². The van der Waals surface area contributed by atoms with E-state index in [0.717, 1.165) is 14.9 Å². The summed E-state index contributed by atoms with van der Waals surface area (Å²) in [5, 5.41) is 0. The second kappa shape index (κ2) is 5.84. The highest BCUT2D eigenvalue weighted by Gasteiger charge is 2.21. The molecule has 0 aromatic carbocycles. The molecule has 0 saturated carbocycles. The lowest BCUT2D eigenvalue weighted by Crippen LogP contribution is -2.21. The molecule has 0 atom stereocenters. The van der Waals surface area contributed by atoms with Gasteiger partial charge in [-0.3, -0.25) is 4.79 Å². The average Bonchev–Trinajstić information content (AvgIpc) is 2.54. The van der Waals surface area contributed by atoms with Crippen LogP contribution in [0.1, 0.15) is 16.6 Å². The molecule has 0 aliphatic rings. The fourth-order valence-electron chi connectivity index (χ4n) is 1.19.